The van der Waals surface area contributed by atoms with E-state index in [2.05, 4.69) is 5.10 Å². The van der Waals surface area contributed by atoms with Crippen molar-refractivity contribution in [2.24, 2.45) is 0 Å². The van der Waals surface area contributed by atoms with Gasteiger partial charge in [0.05, 0.1) is 36.1 Å². The van der Waals surface area contributed by atoms with E-state index >= 15 is 0 Å². The quantitative estimate of drug-likeness (QED) is 0.585. The average molecular weight is 268 g/mol. The first-order chi connectivity index (χ1) is 8.90. The minimum atomic E-state index is -0.584. The van der Waals surface area contributed by atoms with Crippen LogP contribution in [0.5, 0.6) is 0 Å². The van der Waals surface area contributed by atoms with Gasteiger partial charge < -0.3 is 19.8 Å². The van der Waals surface area contributed by atoms with Gasteiger partial charge in [-0.15, -0.1) is 0 Å². The summed E-state index contributed by atoms with van der Waals surface area (Å²) in [5.41, 5.74) is -0.367. The number of carbonyl (C=O) groups excluding carboxylic acids is 1. The predicted molar refractivity (Wildman–Crippen MR) is 65.5 cm³/mol. The van der Waals surface area contributed by atoms with Crippen molar-refractivity contribution in [2.75, 3.05) is 19.8 Å². The van der Waals surface area contributed by atoms with Crippen molar-refractivity contribution >= 4 is 11.7 Å². The van der Waals surface area contributed by atoms with Gasteiger partial charge in [0.25, 0.3) is 0 Å². The third-order valence-electron chi connectivity index (χ3n) is 3.06. The Morgan fingerprint density at radius 1 is 1.63 bits per heavy atom. The number of nitrogens with zero attached hydrogens (tertiary/aromatic N) is 4. The monoisotopic (exact) mass is 268 g/mol. The Morgan fingerprint density at radius 3 is 2.95 bits per heavy atom. The van der Waals surface area contributed by atoms with Crippen LogP contribution in [0.15, 0.2) is 12.3 Å². The molecule has 2 heterocycles. The maximum Gasteiger partial charge on any atom is 0.389 e. The Kier molecular flexibility index (Phi) is 3.52. The summed E-state index contributed by atoms with van der Waals surface area (Å²) in [7, 11) is 0. The zero-order valence-electron chi connectivity index (χ0n) is 10.9. The van der Waals surface area contributed by atoms with Crippen molar-refractivity contribution in [2.45, 2.75) is 25.9 Å². The maximum atomic E-state index is 12.2. The van der Waals surface area contributed by atoms with Crippen molar-refractivity contribution in [3.8, 4) is 0 Å². The number of hydrogen-bond acceptors (Lipinski definition) is 5. The fourth-order valence-electron chi connectivity index (χ4n) is 2.08. The van der Waals surface area contributed by atoms with Gasteiger partial charge in [-0.3, -0.25) is 4.79 Å². The molecule has 1 aromatic rings. The Hall–Kier alpha value is -1.96. The van der Waals surface area contributed by atoms with Crippen molar-refractivity contribution in [3.63, 3.8) is 0 Å². The summed E-state index contributed by atoms with van der Waals surface area (Å²) in [6.45, 7) is 5.37. The molecule has 0 spiro atoms. The highest BCUT2D eigenvalue weighted by molar-refractivity contribution is 5.76. The largest absolute Gasteiger partial charge is 0.389 e. The number of carbonyl (C=O) groups is 1. The molecule has 19 heavy (non-hydrogen) atoms. The van der Waals surface area contributed by atoms with E-state index in [-0.39, 0.29) is 23.8 Å². The summed E-state index contributed by atoms with van der Waals surface area (Å²) in [6, 6.07) is 1.28. The first kappa shape index (κ1) is 13.5. The first-order valence-corrected chi connectivity index (χ1v) is 5.96. The Balaban J connectivity index is 2.05. The van der Waals surface area contributed by atoms with Crippen LogP contribution in [0.1, 0.15) is 13.8 Å². The van der Waals surface area contributed by atoms with Crippen LogP contribution in [0.4, 0.5) is 5.82 Å². The van der Waals surface area contributed by atoms with Crippen LogP contribution < -0.4 is 0 Å². The van der Waals surface area contributed by atoms with Crippen LogP contribution in [0.2, 0.25) is 0 Å². The van der Waals surface area contributed by atoms with E-state index in [1.54, 1.807) is 4.90 Å². The molecule has 0 saturated carbocycles. The van der Waals surface area contributed by atoms with Crippen LogP contribution in [-0.2, 0) is 16.1 Å². The number of aromatic nitrogens is 2. The van der Waals surface area contributed by atoms with Crippen LogP contribution >= 0.6 is 0 Å². The summed E-state index contributed by atoms with van der Waals surface area (Å²) >= 11 is 0. The van der Waals surface area contributed by atoms with Crippen LogP contribution in [0.3, 0.4) is 0 Å². The van der Waals surface area contributed by atoms with Crippen LogP contribution in [0.25, 0.3) is 0 Å². The van der Waals surface area contributed by atoms with E-state index in [1.807, 2.05) is 13.8 Å². The van der Waals surface area contributed by atoms with Gasteiger partial charge >= 0.3 is 5.82 Å². The zero-order valence-corrected chi connectivity index (χ0v) is 10.9. The van der Waals surface area contributed by atoms with Gasteiger partial charge in [0.15, 0.2) is 0 Å². The molecule has 0 N–H and O–H groups in total. The van der Waals surface area contributed by atoms with Gasteiger partial charge in [0, 0.05) is 6.54 Å². The molecule has 0 unspecified atom stereocenters. The molecule has 0 aliphatic carbocycles. The minimum Gasteiger partial charge on any atom is -0.377 e. The fraction of sp³-hybridized carbons (Fsp3) is 0.636. The number of ether oxygens (including phenoxy) is 1. The van der Waals surface area contributed by atoms with Crippen molar-refractivity contribution < 1.29 is 14.5 Å². The van der Waals surface area contributed by atoms with E-state index in [9.17, 15) is 14.9 Å². The molecular weight excluding hydrogens is 252 g/mol. The normalized spacial score (nSPS) is 18.3. The highest BCUT2D eigenvalue weighted by Gasteiger charge is 2.34. The topological polar surface area (TPSA) is 90.5 Å². The molecule has 0 radical (unpaired) electrons. The first-order valence-electron chi connectivity index (χ1n) is 5.96. The number of hydrogen-bond donors (Lipinski definition) is 0. The standard InChI is InChI=1S/C11H16N4O4/c1-11(2)8-19-6-5-14(11)10(16)7-13-4-3-9(12-13)15(17)18/h3-4H,5-8H2,1-2H3. The average Bonchev–Trinajstić information content (AvgIpc) is 2.76. The predicted octanol–water partition coefficient (Wildman–Crippen LogP) is 0.429. The summed E-state index contributed by atoms with van der Waals surface area (Å²) in [6.07, 6.45) is 1.43. The smallest absolute Gasteiger partial charge is 0.377 e. The lowest BCUT2D eigenvalue weighted by atomic mass is 10.0. The molecule has 1 aliphatic rings. The Morgan fingerprint density at radius 2 is 2.37 bits per heavy atom. The molecule has 1 aromatic heterocycles. The highest BCUT2D eigenvalue weighted by atomic mass is 16.6. The van der Waals surface area contributed by atoms with Crippen LogP contribution in [0, 0.1) is 10.1 Å². The van der Waals surface area contributed by atoms with Crippen molar-refractivity contribution in [1.29, 1.82) is 0 Å². The minimum absolute atomic E-state index is 0.00271. The number of rotatable bonds is 3. The molecule has 1 aliphatic heterocycles. The molecule has 1 amide bonds. The van der Waals surface area contributed by atoms with Gasteiger partial charge in [-0.2, -0.15) is 4.68 Å². The third kappa shape index (κ3) is 2.90. The van der Waals surface area contributed by atoms with Gasteiger partial charge in [-0.05, 0) is 18.8 Å². The molecular formula is C11H16N4O4. The summed E-state index contributed by atoms with van der Waals surface area (Å²) in [4.78, 5) is 23.9. The number of amides is 1. The molecule has 104 valence electrons. The Bertz CT molecular complexity index is 497. The second-order valence-electron chi connectivity index (χ2n) is 5.04. The maximum absolute atomic E-state index is 12.2. The summed E-state index contributed by atoms with van der Waals surface area (Å²) in [5, 5.41) is 14.3. The van der Waals surface area contributed by atoms with Gasteiger partial charge in [-0.25, -0.2) is 0 Å². The molecule has 1 saturated heterocycles. The summed E-state index contributed by atoms with van der Waals surface area (Å²) in [5.74, 6) is -0.375. The second kappa shape index (κ2) is 4.96. The molecule has 0 aromatic carbocycles. The van der Waals surface area contributed by atoms with Gasteiger partial charge in [0.2, 0.25) is 5.91 Å². The third-order valence-corrected chi connectivity index (χ3v) is 3.06. The molecule has 0 bridgehead atoms. The lowest BCUT2D eigenvalue weighted by molar-refractivity contribution is -0.389. The van der Waals surface area contributed by atoms with Crippen molar-refractivity contribution in [3.05, 3.63) is 22.4 Å². The fourth-order valence-corrected chi connectivity index (χ4v) is 2.08. The van der Waals surface area contributed by atoms with Gasteiger partial charge in [0.1, 0.15) is 6.54 Å². The lowest BCUT2D eigenvalue weighted by Crippen LogP contribution is -2.56. The van der Waals surface area contributed by atoms with E-state index in [1.165, 1.54) is 16.9 Å². The molecule has 1 fully saturated rings. The number of nitro groups is 1. The van der Waals surface area contributed by atoms with E-state index in [4.69, 9.17) is 4.74 Å². The number of morpholine rings is 1. The molecule has 0 atom stereocenters. The van der Waals surface area contributed by atoms with E-state index < -0.39 is 4.92 Å². The Labute approximate surface area is 110 Å². The second-order valence-corrected chi connectivity index (χ2v) is 5.04. The van der Waals surface area contributed by atoms with E-state index in [0.29, 0.717) is 19.8 Å². The van der Waals surface area contributed by atoms with Gasteiger partial charge in [-0.1, -0.05) is 0 Å². The molecule has 2 rings (SSSR count). The van der Waals surface area contributed by atoms with Crippen molar-refractivity contribution in [1.82, 2.24) is 14.7 Å². The molecule has 8 nitrogen and oxygen atoms in total. The lowest BCUT2D eigenvalue weighted by Gasteiger charge is -2.41. The molecule has 8 heteroatoms. The van der Waals surface area contributed by atoms with Crippen LogP contribution in [-0.4, -0.2) is 50.8 Å². The highest BCUT2D eigenvalue weighted by Crippen LogP contribution is 2.19. The van der Waals surface area contributed by atoms with E-state index in [0.717, 1.165) is 0 Å². The SMILES string of the molecule is CC1(C)COCCN1C(=O)Cn1ccc([N+](=O)[O-])n1. The summed E-state index contributed by atoms with van der Waals surface area (Å²) < 4.78 is 6.63. The zero-order chi connectivity index (χ0) is 14.0.